The number of hydrogen-bond acceptors (Lipinski definition) is 3. The fraction of sp³-hybridized carbons (Fsp3) is 0.500. The van der Waals surface area contributed by atoms with Gasteiger partial charge in [0.25, 0.3) is 0 Å². The molecular weight excluding hydrogens is 497 g/mol. The zero-order valence-electron chi connectivity index (χ0n) is 19.5. The van der Waals surface area contributed by atoms with E-state index in [2.05, 4.69) is 0 Å². The molecule has 1 aliphatic carbocycles. The van der Waals surface area contributed by atoms with Gasteiger partial charge in [0, 0.05) is 13.1 Å². The van der Waals surface area contributed by atoms with Crippen LogP contribution in [-0.2, 0) is 29.0 Å². The van der Waals surface area contributed by atoms with E-state index in [1.165, 1.54) is 12.1 Å². The summed E-state index contributed by atoms with van der Waals surface area (Å²) < 4.78 is 68.5. The maximum absolute atomic E-state index is 13.8. The van der Waals surface area contributed by atoms with E-state index >= 15 is 0 Å². The highest BCUT2D eigenvalue weighted by Gasteiger charge is 2.47. The lowest BCUT2D eigenvalue weighted by molar-refractivity contribution is -0.138. The minimum Gasteiger partial charge on any atom is -0.212 e. The van der Waals surface area contributed by atoms with Crippen molar-refractivity contribution in [3.8, 4) is 6.07 Å². The highest BCUT2D eigenvalue weighted by Crippen LogP contribution is 2.45. The van der Waals surface area contributed by atoms with E-state index in [0.717, 1.165) is 11.6 Å². The topological polar surface area (TPSA) is 61.2 Å². The third-order valence-electron chi connectivity index (χ3n) is 7.50. The molecule has 1 aliphatic heterocycles. The van der Waals surface area contributed by atoms with Crippen LogP contribution in [0.1, 0.15) is 54.9 Å². The van der Waals surface area contributed by atoms with Crippen molar-refractivity contribution < 1.29 is 21.6 Å². The summed E-state index contributed by atoms with van der Waals surface area (Å²) in [6.07, 6.45) is -1.18. The molecule has 9 heteroatoms. The van der Waals surface area contributed by atoms with Gasteiger partial charge >= 0.3 is 6.18 Å². The van der Waals surface area contributed by atoms with Gasteiger partial charge in [0.05, 0.1) is 21.4 Å². The van der Waals surface area contributed by atoms with Crippen molar-refractivity contribution in [3.63, 3.8) is 0 Å². The highest BCUT2D eigenvalue weighted by atomic mass is 35.5. The van der Waals surface area contributed by atoms with Crippen LogP contribution in [0.15, 0.2) is 42.5 Å². The Kier molecular flexibility index (Phi) is 7.25. The van der Waals surface area contributed by atoms with Gasteiger partial charge in [-0.25, -0.2) is 12.7 Å². The van der Waals surface area contributed by atoms with Crippen molar-refractivity contribution in [2.24, 2.45) is 11.3 Å². The molecule has 2 atom stereocenters. The van der Waals surface area contributed by atoms with Crippen LogP contribution in [-0.4, -0.2) is 31.1 Å². The first-order valence-corrected chi connectivity index (χ1v) is 13.6. The number of sulfonamides is 1. The van der Waals surface area contributed by atoms with E-state index in [1.807, 2.05) is 19.1 Å². The van der Waals surface area contributed by atoms with Crippen LogP contribution in [0.2, 0.25) is 5.02 Å². The van der Waals surface area contributed by atoms with Crippen LogP contribution in [0.25, 0.3) is 0 Å². The Morgan fingerprint density at radius 2 is 1.86 bits per heavy atom. The second-order valence-electron chi connectivity index (χ2n) is 10.00. The molecule has 2 aliphatic rings. The van der Waals surface area contributed by atoms with Crippen molar-refractivity contribution in [2.75, 3.05) is 13.1 Å². The van der Waals surface area contributed by atoms with E-state index in [0.29, 0.717) is 55.8 Å². The lowest BCUT2D eigenvalue weighted by Gasteiger charge is -2.37. The third-order valence-corrected chi connectivity index (χ3v) is 10.2. The van der Waals surface area contributed by atoms with Crippen LogP contribution in [0.3, 0.4) is 0 Å². The van der Waals surface area contributed by atoms with Crippen LogP contribution < -0.4 is 0 Å². The Balaban J connectivity index is 1.62. The predicted molar refractivity (Wildman–Crippen MR) is 129 cm³/mol. The molecule has 4 nitrogen and oxygen atoms in total. The Morgan fingerprint density at radius 1 is 1.14 bits per heavy atom. The molecule has 1 saturated carbocycles. The van der Waals surface area contributed by atoms with Gasteiger partial charge in [0.15, 0.2) is 0 Å². The fourth-order valence-electron chi connectivity index (χ4n) is 5.16. The van der Waals surface area contributed by atoms with E-state index in [4.69, 9.17) is 16.9 Å². The molecule has 2 aromatic rings. The van der Waals surface area contributed by atoms with Gasteiger partial charge in [-0.1, -0.05) is 42.8 Å². The summed E-state index contributed by atoms with van der Waals surface area (Å²) in [6, 6.07) is 12.8. The molecule has 0 spiro atoms. The number of halogens is 4. The molecule has 1 unspecified atom stereocenters. The second-order valence-corrected chi connectivity index (χ2v) is 12.6. The average Bonchev–Trinajstić information content (AvgIpc) is 3.54. The van der Waals surface area contributed by atoms with Crippen molar-refractivity contribution in [3.05, 3.63) is 69.7 Å². The Bertz CT molecular complexity index is 1240. The summed E-state index contributed by atoms with van der Waals surface area (Å²) in [5, 5.41) is 9.16. The summed E-state index contributed by atoms with van der Waals surface area (Å²) in [6.45, 7) is 2.71. The maximum atomic E-state index is 13.8. The van der Waals surface area contributed by atoms with Gasteiger partial charge in [0.2, 0.25) is 10.0 Å². The molecule has 0 aromatic heterocycles. The van der Waals surface area contributed by atoms with Gasteiger partial charge in [-0.3, -0.25) is 0 Å². The number of rotatable bonds is 8. The van der Waals surface area contributed by atoms with Crippen molar-refractivity contribution >= 4 is 21.6 Å². The molecule has 0 amide bonds. The molecule has 1 saturated heterocycles. The van der Waals surface area contributed by atoms with Crippen LogP contribution in [0, 0.1) is 22.7 Å². The second kappa shape index (κ2) is 9.76. The molecule has 0 N–H and O–H groups in total. The molecule has 4 rings (SSSR count). The minimum atomic E-state index is -4.46. The quantitative estimate of drug-likeness (QED) is 0.411. The van der Waals surface area contributed by atoms with E-state index in [9.17, 15) is 21.6 Å². The average molecular weight is 525 g/mol. The van der Waals surface area contributed by atoms with Gasteiger partial charge in [-0.15, -0.1) is 0 Å². The zero-order valence-corrected chi connectivity index (χ0v) is 21.1. The third kappa shape index (κ3) is 5.68. The Morgan fingerprint density at radius 3 is 2.49 bits per heavy atom. The first-order valence-electron chi connectivity index (χ1n) is 11.8. The van der Waals surface area contributed by atoms with Gasteiger partial charge in [-0.05, 0) is 79.2 Å². The largest absolute Gasteiger partial charge is 0.416 e. The minimum absolute atomic E-state index is 0.0776. The SMILES string of the molecule is C[C@@](CCc1ccc(C#N)c(Cl)c1)(Cc1ccccc1C(F)(F)F)C1CCN(S(=O)(=O)C2CC2)C1. The maximum Gasteiger partial charge on any atom is 0.416 e. The predicted octanol–water partition coefficient (Wildman–Crippen LogP) is 6.23. The molecule has 2 aromatic carbocycles. The number of benzene rings is 2. The summed E-state index contributed by atoms with van der Waals surface area (Å²) >= 11 is 6.19. The summed E-state index contributed by atoms with van der Waals surface area (Å²) in [5.74, 6) is -0.0776. The van der Waals surface area contributed by atoms with Crippen LogP contribution >= 0.6 is 11.6 Å². The molecule has 35 heavy (non-hydrogen) atoms. The highest BCUT2D eigenvalue weighted by molar-refractivity contribution is 7.90. The first-order chi connectivity index (χ1) is 16.4. The van der Waals surface area contributed by atoms with Gasteiger partial charge in [-0.2, -0.15) is 18.4 Å². The summed E-state index contributed by atoms with van der Waals surface area (Å²) in [5.41, 5.74) is 0.269. The molecule has 2 fully saturated rings. The smallest absolute Gasteiger partial charge is 0.212 e. The van der Waals surface area contributed by atoms with Gasteiger partial charge in [0.1, 0.15) is 6.07 Å². The van der Waals surface area contributed by atoms with E-state index in [1.54, 1.807) is 22.5 Å². The Labute approximate surface area is 209 Å². The number of hydrogen-bond donors (Lipinski definition) is 0. The van der Waals surface area contributed by atoms with Crippen LogP contribution in [0.4, 0.5) is 13.2 Å². The lowest BCUT2D eigenvalue weighted by atomic mass is 9.68. The summed E-state index contributed by atoms with van der Waals surface area (Å²) in [7, 11) is -3.34. The molecule has 0 bridgehead atoms. The van der Waals surface area contributed by atoms with Gasteiger partial charge < -0.3 is 0 Å². The molecule has 0 radical (unpaired) electrons. The Hall–Kier alpha value is -2.08. The van der Waals surface area contributed by atoms with Crippen LogP contribution in [0.5, 0.6) is 0 Å². The first kappa shape index (κ1) is 26.0. The summed E-state index contributed by atoms with van der Waals surface area (Å²) in [4.78, 5) is 0. The van der Waals surface area contributed by atoms with E-state index < -0.39 is 27.2 Å². The van der Waals surface area contributed by atoms with Crippen molar-refractivity contribution in [1.29, 1.82) is 5.26 Å². The monoisotopic (exact) mass is 524 g/mol. The molecule has 188 valence electrons. The van der Waals surface area contributed by atoms with Crippen molar-refractivity contribution in [2.45, 2.75) is 56.9 Å². The number of nitriles is 1. The fourth-order valence-corrected chi connectivity index (χ4v) is 7.31. The zero-order chi connectivity index (χ0) is 25.4. The number of alkyl halides is 3. The van der Waals surface area contributed by atoms with E-state index in [-0.39, 0.29) is 23.2 Å². The molecular formula is C26H28ClF3N2O2S. The number of aryl methyl sites for hydroxylation is 1. The lowest BCUT2D eigenvalue weighted by Crippen LogP contribution is -2.36. The molecule has 1 heterocycles. The standard InChI is InChI=1S/C26H28ClF3N2O2S/c1-25(12-10-18-6-7-20(16-31)24(27)14-18,15-19-4-2-3-5-23(19)26(28,29)30)21-11-13-32(17-21)35(33,34)22-8-9-22/h2-7,14,21-22H,8-13,15,17H2,1H3/t21?,25-/m1/s1. The number of nitrogens with zero attached hydrogens (tertiary/aromatic N) is 2. The normalized spacial score (nSPS) is 21.0. The van der Waals surface area contributed by atoms with Crippen molar-refractivity contribution in [1.82, 2.24) is 4.31 Å².